The molecule has 0 radical (unpaired) electrons. The lowest BCUT2D eigenvalue weighted by atomic mass is 10.2. The van der Waals surface area contributed by atoms with Gasteiger partial charge in [-0.1, -0.05) is 19.8 Å². The minimum absolute atomic E-state index is 0.0844. The van der Waals surface area contributed by atoms with E-state index in [0.29, 0.717) is 13.1 Å². The lowest BCUT2D eigenvalue weighted by Crippen LogP contribution is -2.44. The van der Waals surface area contributed by atoms with Gasteiger partial charge in [0.1, 0.15) is 0 Å². The van der Waals surface area contributed by atoms with E-state index in [2.05, 4.69) is 0 Å². The van der Waals surface area contributed by atoms with E-state index < -0.39 is 5.97 Å². The number of aliphatic carboxylic acids is 1. The number of carbonyl (C=O) groups excluding carboxylic acids is 1. The number of hydrogen-bond donors (Lipinski definition) is 1. The van der Waals surface area contributed by atoms with Gasteiger partial charge in [0.15, 0.2) is 0 Å². The fraction of sp³-hybridized carbons (Fsp3) is 0.857. The minimum atomic E-state index is -0.812. The molecule has 0 spiro atoms. The summed E-state index contributed by atoms with van der Waals surface area (Å²) in [5.74, 6) is -0.672. The summed E-state index contributed by atoms with van der Waals surface area (Å²) in [4.78, 5) is 26.9. The van der Waals surface area contributed by atoms with Crippen LogP contribution < -0.4 is 0 Å². The number of carboxylic acids is 1. The summed E-state index contributed by atoms with van der Waals surface area (Å²) in [5.41, 5.74) is 0. The lowest BCUT2D eigenvalue weighted by Gasteiger charge is -2.29. The zero-order valence-corrected chi connectivity index (χ0v) is 12.1. The molecule has 1 atom stereocenters. The molecule has 0 bridgehead atoms. The van der Waals surface area contributed by atoms with Crippen molar-refractivity contribution in [3.63, 3.8) is 0 Å². The van der Waals surface area contributed by atoms with Gasteiger partial charge in [0, 0.05) is 19.1 Å². The summed E-state index contributed by atoms with van der Waals surface area (Å²) in [5, 5.41) is 8.83. The molecule has 0 aromatic heterocycles. The van der Waals surface area contributed by atoms with Crippen LogP contribution in [0.5, 0.6) is 0 Å². The van der Waals surface area contributed by atoms with Crippen molar-refractivity contribution in [3.05, 3.63) is 0 Å². The fourth-order valence-corrected chi connectivity index (χ4v) is 2.55. The predicted molar refractivity (Wildman–Crippen MR) is 74.0 cm³/mol. The number of nitrogens with zero attached hydrogens (tertiary/aromatic N) is 2. The van der Waals surface area contributed by atoms with E-state index in [1.165, 1.54) is 12.8 Å². The third-order valence-corrected chi connectivity index (χ3v) is 3.80. The Balaban J connectivity index is 2.49. The van der Waals surface area contributed by atoms with Crippen molar-refractivity contribution in [1.82, 2.24) is 9.80 Å². The van der Waals surface area contributed by atoms with E-state index in [9.17, 15) is 9.59 Å². The Morgan fingerprint density at radius 3 is 2.26 bits per heavy atom. The minimum Gasteiger partial charge on any atom is -0.481 e. The third-order valence-electron chi connectivity index (χ3n) is 3.80. The van der Waals surface area contributed by atoms with Crippen molar-refractivity contribution >= 4 is 11.9 Å². The molecule has 110 valence electrons. The van der Waals surface area contributed by atoms with E-state index in [1.54, 1.807) is 0 Å². The number of carbonyl (C=O) groups is 2. The summed E-state index contributed by atoms with van der Waals surface area (Å²) < 4.78 is 0. The molecule has 1 saturated heterocycles. The molecule has 1 amide bonds. The number of carboxylic acid groups (broad SMARTS) is 1. The first-order valence-corrected chi connectivity index (χ1v) is 7.28. The monoisotopic (exact) mass is 270 g/mol. The summed E-state index contributed by atoms with van der Waals surface area (Å²) in [7, 11) is 0. The molecule has 1 unspecified atom stereocenters. The molecular formula is C14H26N2O3. The first-order chi connectivity index (χ1) is 9.04. The fourth-order valence-electron chi connectivity index (χ4n) is 2.55. The van der Waals surface area contributed by atoms with Gasteiger partial charge in [-0.25, -0.2) is 0 Å². The summed E-state index contributed by atoms with van der Waals surface area (Å²) in [6.45, 7) is 6.58. The van der Waals surface area contributed by atoms with Gasteiger partial charge in [-0.15, -0.1) is 0 Å². The highest BCUT2D eigenvalue weighted by Gasteiger charge is 2.22. The molecule has 1 rings (SSSR count). The van der Waals surface area contributed by atoms with Gasteiger partial charge < -0.3 is 10.0 Å². The van der Waals surface area contributed by atoms with Crippen molar-refractivity contribution in [2.24, 2.45) is 0 Å². The summed E-state index contributed by atoms with van der Waals surface area (Å²) in [6.07, 6.45) is 4.67. The second-order valence-corrected chi connectivity index (χ2v) is 5.30. The quantitative estimate of drug-likeness (QED) is 0.796. The molecular weight excluding hydrogens is 244 g/mol. The van der Waals surface area contributed by atoms with Crippen molar-refractivity contribution in [3.8, 4) is 0 Å². The first-order valence-electron chi connectivity index (χ1n) is 7.28. The Kier molecular flexibility index (Phi) is 6.84. The molecule has 0 aromatic carbocycles. The highest BCUT2D eigenvalue weighted by atomic mass is 16.4. The zero-order chi connectivity index (χ0) is 14.3. The van der Waals surface area contributed by atoms with Crippen LogP contribution in [-0.4, -0.2) is 59.0 Å². The van der Waals surface area contributed by atoms with Crippen LogP contribution >= 0.6 is 0 Å². The average molecular weight is 270 g/mol. The standard InChI is InChI=1S/C14H26N2O3/c1-3-15(12(2)10-14(18)19)11-13(17)16-8-6-4-5-7-9-16/h12H,3-11H2,1-2H3,(H,18,19). The zero-order valence-electron chi connectivity index (χ0n) is 12.1. The van der Waals surface area contributed by atoms with Crippen molar-refractivity contribution in [2.75, 3.05) is 26.2 Å². The molecule has 1 aliphatic rings. The van der Waals surface area contributed by atoms with Crippen LogP contribution in [0.2, 0.25) is 0 Å². The molecule has 5 nitrogen and oxygen atoms in total. The largest absolute Gasteiger partial charge is 0.481 e. The summed E-state index contributed by atoms with van der Waals surface area (Å²) >= 11 is 0. The molecule has 19 heavy (non-hydrogen) atoms. The third kappa shape index (κ3) is 5.59. The van der Waals surface area contributed by atoms with Crippen LogP contribution in [0.25, 0.3) is 0 Å². The molecule has 0 aromatic rings. The highest BCUT2D eigenvalue weighted by Crippen LogP contribution is 2.11. The van der Waals surface area contributed by atoms with Gasteiger partial charge in [-0.2, -0.15) is 0 Å². The maximum atomic E-state index is 12.2. The number of likely N-dealkylation sites (N-methyl/N-ethyl adjacent to an activating group) is 1. The first kappa shape index (κ1) is 16.0. The van der Waals surface area contributed by atoms with E-state index in [4.69, 9.17) is 5.11 Å². The number of likely N-dealkylation sites (tertiary alicyclic amines) is 1. The smallest absolute Gasteiger partial charge is 0.304 e. The van der Waals surface area contributed by atoms with E-state index in [-0.39, 0.29) is 18.4 Å². The van der Waals surface area contributed by atoms with Gasteiger partial charge in [-0.3, -0.25) is 14.5 Å². The number of amides is 1. The van der Waals surface area contributed by atoms with Crippen LogP contribution in [0.3, 0.4) is 0 Å². The van der Waals surface area contributed by atoms with Crippen LogP contribution in [0.1, 0.15) is 46.0 Å². The maximum absolute atomic E-state index is 12.2. The maximum Gasteiger partial charge on any atom is 0.304 e. The molecule has 0 aliphatic carbocycles. The second-order valence-electron chi connectivity index (χ2n) is 5.30. The normalized spacial score (nSPS) is 18.2. The molecule has 1 N–H and O–H groups in total. The van der Waals surface area contributed by atoms with Gasteiger partial charge in [0.2, 0.25) is 5.91 Å². The SMILES string of the molecule is CCN(CC(=O)N1CCCCCC1)C(C)CC(=O)O. The van der Waals surface area contributed by atoms with Gasteiger partial charge >= 0.3 is 5.97 Å². The van der Waals surface area contributed by atoms with Crippen LogP contribution in [0.4, 0.5) is 0 Å². The van der Waals surface area contributed by atoms with Gasteiger partial charge in [0.05, 0.1) is 13.0 Å². The molecule has 1 fully saturated rings. The Bertz CT molecular complexity index is 299. The second kappa shape index (κ2) is 8.15. The van der Waals surface area contributed by atoms with E-state index in [1.807, 2.05) is 23.6 Å². The topological polar surface area (TPSA) is 60.9 Å². The average Bonchev–Trinajstić information content (AvgIpc) is 2.63. The highest BCUT2D eigenvalue weighted by molar-refractivity contribution is 5.78. The van der Waals surface area contributed by atoms with Crippen LogP contribution in [0.15, 0.2) is 0 Å². The molecule has 1 heterocycles. The molecule has 0 saturated carbocycles. The van der Waals surface area contributed by atoms with Crippen molar-refractivity contribution < 1.29 is 14.7 Å². The van der Waals surface area contributed by atoms with E-state index >= 15 is 0 Å². The van der Waals surface area contributed by atoms with Crippen LogP contribution in [0, 0.1) is 0 Å². The van der Waals surface area contributed by atoms with E-state index in [0.717, 1.165) is 25.9 Å². The number of rotatable bonds is 6. The number of hydrogen-bond acceptors (Lipinski definition) is 3. The Morgan fingerprint density at radius 1 is 1.21 bits per heavy atom. The summed E-state index contributed by atoms with van der Waals surface area (Å²) in [6, 6.07) is -0.0987. The Hall–Kier alpha value is -1.10. The molecule has 1 aliphatic heterocycles. The lowest BCUT2D eigenvalue weighted by molar-refractivity contribution is -0.140. The Morgan fingerprint density at radius 2 is 1.79 bits per heavy atom. The molecule has 5 heteroatoms. The van der Waals surface area contributed by atoms with Crippen LogP contribution in [-0.2, 0) is 9.59 Å². The predicted octanol–water partition coefficient (Wildman–Crippen LogP) is 1.57. The van der Waals surface area contributed by atoms with Gasteiger partial charge in [-0.05, 0) is 26.3 Å². The van der Waals surface area contributed by atoms with Crippen molar-refractivity contribution in [2.45, 2.75) is 52.0 Å². The Labute approximate surface area is 115 Å². The van der Waals surface area contributed by atoms with Crippen molar-refractivity contribution in [1.29, 1.82) is 0 Å². The van der Waals surface area contributed by atoms with Gasteiger partial charge in [0.25, 0.3) is 0 Å².